The Bertz CT molecular complexity index is 161. The van der Waals surface area contributed by atoms with Crippen LogP contribution in [0.3, 0.4) is 0 Å². The summed E-state index contributed by atoms with van der Waals surface area (Å²) in [5, 5.41) is 9.82. The molecule has 0 heterocycles. The maximum Gasteiger partial charge on any atom is 0.220 e. The molecule has 0 bridgehead atoms. The number of rotatable bonds is 4. The molecule has 0 rings (SSSR count). The van der Waals surface area contributed by atoms with E-state index in [1.54, 1.807) is 6.92 Å². The Morgan fingerprint density at radius 1 is 1.13 bits per heavy atom. The number of amides is 1. The van der Waals surface area contributed by atoms with Crippen molar-refractivity contribution in [3.63, 3.8) is 0 Å². The maximum absolute atomic E-state index is 10.2. The highest BCUT2D eigenvalue weighted by Crippen LogP contribution is 1.96. The van der Waals surface area contributed by atoms with Gasteiger partial charge in [-0.15, -0.1) is 0 Å². The monoisotopic (exact) mass is 217 g/mol. The highest BCUT2D eigenvalue weighted by atomic mass is 16.4. The average molecular weight is 217 g/mol. The summed E-state index contributed by atoms with van der Waals surface area (Å²) in [6.07, 6.45) is 1.50. The van der Waals surface area contributed by atoms with Gasteiger partial charge in [-0.05, 0) is 18.8 Å². The molecule has 4 nitrogen and oxygen atoms in total. The number of carboxylic acids is 1. The number of hydrogen-bond acceptors (Lipinski definition) is 3. The summed E-state index contributed by atoms with van der Waals surface area (Å²) in [4.78, 5) is 20.0. The lowest BCUT2D eigenvalue weighted by Gasteiger charge is -2.06. The molecule has 90 valence electrons. The Kier molecular flexibility index (Phi) is 14.1. The second-order valence-electron chi connectivity index (χ2n) is 3.34. The van der Waals surface area contributed by atoms with Crippen molar-refractivity contribution < 1.29 is 14.7 Å². The number of nitrogens with two attached hydrogens (primary N) is 1. The normalized spacial score (nSPS) is 12.5. The van der Waals surface area contributed by atoms with Gasteiger partial charge >= 0.3 is 0 Å². The van der Waals surface area contributed by atoms with E-state index < -0.39 is 5.97 Å². The van der Waals surface area contributed by atoms with Gasteiger partial charge in [0.2, 0.25) is 5.91 Å². The molecule has 4 heteroatoms. The van der Waals surface area contributed by atoms with Crippen molar-refractivity contribution in [3.8, 4) is 0 Å². The largest absolute Gasteiger partial charge is 0.550 e. The SMILES string of the molecule is CCC(C)C(=O)[O-].CCC(C)C(N)=O.[CH3+]. The highest BCUT2D eigenvalue weighted by Gasteiger charge is 2.02. The highest BCUT2D eigenvalue weighted by molar-refractivity contribution is 5.76. The topological polar surface area (TPSA) is 83.2 Å². The summed E-state index contributed by atoms with van der Waals surface area (Å²) in [6, 6.07) is 0. The van der Waals surface area contributed by atoms with Crippen LogP contribution in [-0.2, 0) is 9.59 Å². The number of carbonyl (C=O) groups is 2. The number of primary amides is 1. The number of carboxylic acid groups (broad SMARTS) is 1. The first-order valence-corrected chi connectivity index (χ1v) is 4.86. The predicted octanol–water partition coefficient (Wildman–Crippen LogP) is 0.750. The summed E-state index contributed by atoms with van der Waals surface area (Å²) < 4.78 is 0. The van der Waals surface area contributed by atoms with Gasteiger partial charge in [-0.1, -0.05) is 27.7 Å². The van der Waals surface area contributed by atoms with Crippen molar-refractivity contribution in [2.45, 2.75) is 40.5 Å². The van der Waals surface area contributed by atoms with Gasteiger partial charge in [0.1, 0.15) is 0 Å². The lowest BCUT2D eigenvalue weighted by molar-refractivity contribution is -0.311. The molecule has 2 atom stereocenters. The van der Waals surface area contributed by atoms with Gasteiger partial charge in [0.15, 0.2) is 0 Å². The van der Waals surface area contributed by atoms with Gasteiger partial charge in [-0.25, -0.2) is 0 Å². The van der Waals surface area contributed by atoms with Gasteiger partial charge in [-0.3, -0.25) is 4.79 Å². The first-order valence-electron chi connectivity index (χ1n) is 4.86. The molecule has 2 N–H and O–H groups in total. The van der Waals surface area contributed by atoms with E-state index in [0.29, 0.717) is 6.42 Å². The van der Waals surface area contributed by atoms with E-state index in [2.05, 4.69) is 0 Å². The molecular formula is C11H23NO3. The lowest BCUT2D eigenvalue weighted by Crippen LogP contribution is -2.28. The molecule has 0 saturated heterocycles. The Morgan fingerprint density at radius 3 is 1.47 bits per heavy atom. The van der Waals surface area contributed by atoms with Crippen LogP contribution in [0.2, 0.25) is 0 Å². The van der Waals surface area contributed by atoms with Crippen LogP contribution in [0.5, 0.6) is 0 Å². The molecule has 0 fully saturated rings. The van der Waals surface area contributed by atoms with Gasteiger partial charge < -0.3 is 15.6 Å². The van der Waals surface area contributed by atoms with Crippen molar-refractivity contribution >= 4 is 11.9 Å². The zero-order valence-electron chi connectivity index (χ0n) is 10.4. The number of carbonyl (C=O) groups excluding carboxylic acids is 2. The maximum atomic E-state index is 10.2. The van der Waals surface area contributed by atoms with E-state index in [4.69, 9.17) is 5.73 Å². The molecule has 0 aliphatic carbocycles. The number of hydrogen-bond donors (Lipinski definition) is 1. The third kappa shape index (κ3) is 12.8. The first-order chi connectivity index (χ1) is 6.36. The van der Waals surface area contributed by atoms with Crippen molar-refractivity contribution in [1.82, 2.24) is 0 Å². The molecule has 0 aliphatic rings. The molecule has 0 saturated carbocycles. The van der Waals surface area contributed by atoms with E-state index in [-0.39, 0.29) is 25.2 Å². The zero-order chi connectivity index (χ0) is 11.7. The number of aliphatic carboxylic acids is 1. The third-order valence-corrected chi connectivity index (χ3v) is 2.11. The van der Waals surface area contributed by atoms with Crippen molar-refractivity contribution in [1.29, 1.82) is 0 Å². The Balaban J connectivity index is -0.000000180. The van der Waals surface area contributed by atoms with E-state index >= 15 is 0 Å². The fourth-order valence-electron chi connectivity index (χ4n) is 0.368. The summed E-state index contributed by atoms with van der Waals surface area (Å²) in [5.74, 6) is -1.41. The predicted molar refractivity (Wildman–Crippen MR) is 59.5 cm³/mol. The van der Waals surface area contributed by atoms with Crippen molar-refractivity contribution in [2.24, 2.45) is 17.6 Å². The second-order valence-corrected chi connectivity index (χ2v) is 3.34. The summed E-state index contributed by atoms with van der Waals surface area (Å²) >= 11 is 0. The third-order valence-electron chi connectivity index (χ3n) is 2.11. The zero-order valence-corrected chi connectivity index (χ0v) is 10.4. The molecule has 0 aromatic heterocycles. The van der Waals surface area contributed by atoms with Crippen LogP contribution in [0.1, 0.15) is 40.5 Å². The van der Waals surface area contributed by atoms with E-state index in [9.17, 15) is 14.7 Å². The van der Waals surface area contributed by atoms with Crippen LogP contribution in [0.25, 0.3) is 0 Å². The van der Waals surface area contributed by atoms with E-state index in [0.717, 1.165) is 6.42 Å². The first kappa shape index (κ1) is 19.4. The minimum atomic E-state index is -0.956. The summed E-state index contributed by atoms with van der Waals surface area (Å²) in [6.45, 7) is 7.22. The minimum Gasteiger partial charge on any atom is -0.550 e. The molecule has 2 unspecified atom stereocenters. The van der Waals surface area contributed by atoms with Gasteiger partial charge in [0, 0.05) is 19.3 Å². The molecular weight excluding hydrogens is 194 g/mol. The molecule has 0 spiro atoms. The molecule has 0 radical (unpaired) electrons. The molecule has 0 aromatic rings. The van der Waals surface area contributed by atoms with Crippen LogP contribution in [0, 0.1) is 19.3 Å². The van der Waals surface area contributed by atoms with Crippen LogP contribution < -0.4 is 10.8 Å². The van der Waals surface area contributed by atoms with Gasteiger partial charge in [0.25, 0.3) is 0 Å². The standard InChI is InChI=1S/C5H11NO.C5H10O2.CH3/c2*1-3-4(2)5(6)7;/h4H,3H2,1-2H3,(H2,6,7);4H,3H2,1-2H3,(H,6,7);1H3/q;;+1/p-1. The molecule has 0 aliphatic heterocycles. The van der Waals surface area contributed by atoms with Crippen LogP contribution in [0.15, 0.2) is 0 Å². The summed E-state index contributed by atoms with van der Waals surface area (Å²) in [7, 11) is 0. The molecule has 15 heavy (non-hydrogen) atoms. The van der Waals surface area contributed by atoms with Gasteiger partial charge in [0.05, 0.1) is 0 Å². The smallest absolute Gasteiger partial charge is 0.220 e. The van der Waals surface area contributed by atoms with Crippen molar-refractivity contribution in [2.75, 3.05) is 0 Å². The second kappa shape index (κ2) is 10.9. The fraction of sp³-hybridized carbons (Fsp3) is 0.727. The summed E-state index contributed by atoms with van der Waals surface area (Å²) in [5.41, 5.74) is 4.91. The Hall–Kier alpha value is -1.19. The lowest BCUT2D eigenvalue weighted by atomic mass is 10.1. The van der Waals surface area contributed by atoms with Crippen LogP contribution in [0.4, 0.5) is 0 Å². The van der Waals surface area contributed by atoms with E-state index in [1.165, 1.54) is 0 Å². The molecule has 1 amide bonds. The Morgan fingerprint density at radius 2 is 1.47 bits per heavy atom. The molecule has 0 aromatic carbocycles. The van der Waals surface area contributed by atoms with Crippen LogP contribution >= 0.6 is 0 Å². The van der Waals surface area contributed by atoms with Gasteiger partial charge in [-0.2, -0.15) is 0 Å². The quantitative estimate of drug-likeness (QED) is 0.705. The minimum absolute atomic E-state index is 0. The Labute approximate surface area is 92.9 Å². The van der Waals surface area contributed by atoms with Crippen LogP contribution in [-0.4, -0.2) is 11.9 Å². The van der Waals surface area contributed by atoms with E-state index in [1.807, 2.05) is 20.8 Å². The average Bonchev–Trinajstić information content (AvgIpc) is 2.15. The van der Waals surface area contributed by atoms with Crippen molar-refractivity contribution in [3.05, 3.63) is 7.43 Å². The fourth-order valence-corrected chi connectivity index (χ4v) is 0.368.